The van der Waals surface area contributed by atoms with Gasteiger partial charge in [0.25, 0.3) is 0 Å². The lowest BCUT2D eigenvalue weighted by atomic mass is 10.2. The third-order valence-electron chi connectivity index (χ3n) is 4.44. The van der Waals surface area contributed by atoms with E-state index in [-0.39, 0.29) is 10.6 Å². The summed E-state index contributed by atoms with van der Waals surface area (Å²) in [5.74, 6) is 0.417. The Kier molecular flexibility index (Phi) is 9.40. The van der Waals surface area contributed by atoms with Crippen molar-refractivity contribution in [3.63, 3.8) is 0 Å². The number of unbranched alkanes of at least 4 members (excludes halogenated alkanes) is 3. The van der Waals surface area contributed by atoms with E-state index in [2.05, 4.69) is 16.8 Å². The van der Waals surface area contributed by atoms with Crippen LogP contribution < -0.4 is 4.74 Å². The van der Waals surface area contributed by atoms with Gasteiger partial charge in [-0.3, -0.25) is 0 Å². The van der Waals surface area contributed by atoms with Gasteiger partial charge in [-0.1, -0.05) is 19.4 Å². The van der Waals surface area contributed by atoms with E-state index in [1.54, 1.807) is 62.6 Å². The highest BCUT2D eigenvalue weighted by molar-refractivity contribution is 7.91. The van der Waals surface area contributed by atoms with Gasteiger partial charge < -0.3 is 9.47 Å². The molecule has 0 aliphatic carbocycles. The highest BCUT2D eigenvalue weighted by Crippen LogP contribution is 2.23. The van der Waals surface area contributed by atoms with Gasteiger partial charge in [0.2, 0.25) is 0 Å². The molecule has 2 aromatic rings. The predicted octanol–water partition coefficient (Wildman–Crippen LogP) is 5.56. The molecule has 0 aromatic heterocycles. The number of carbonyl (C=O) groups is 1. The van der Waals surface area contributed by atoms with Crippen molar-refractivity contribution in [3.8, 4) is 5.75 Å². The SMILES string of the molecule is C=C(C)C(=O)OCCCCCCS(=O)(=O)c1ccc(N=Nc2ccc(OC)cc2)cc1. The van der Waals surface area contributed by atoms with Gasteiger partial charge >= 0.3 is 5.97 Å². The quantitative estimate of drug-likeness (QED) is 0.185. The fraction of sp³-hybridized carbons (Fsp3) is 0.348. The van der Waals surface area contributed by atoms with Crippen LogP contribution in [0.1, 0.15) is 32.6 Å². The number of esters is 1. The first-order valence-corrected chi connectivity index (χ1v) is 11.7. The van der Waals surface area contributed by atoms with E-state index in [1.165, 1.54) is 0 Å². The Morgan fingerprint density at radius 2 is 1.45 bits per heavy atom. The summed E-state index contributed by atoms with van der Waals surface area (Å²) in [5.41, 5.74) is 1.62. The summed E-state index contributed by atoms with van der Waals surface area (Å²) in [4.78, 5) is 11.5. The van der Waals surface area contributed by atoms with Crippen molar-refractivity contribution in [2.75, 3.05) is 19.5 Å². The first-order chi connectivity index (χ1) is 14.8. The van der Waals surface area contributed by atoms with Crippen molar-refractivity contribution in [3.05, 3.63) is 60.7 Å². The number of benzene rings is 2. The van der Waals surface area contributed by atoms with Crippen LogP contribution in [0.25, 0.3) is 0 Å². The van der Waals surface area contributed by atoms with Crippen molar-refractivity contribution >= 4 is 27.2 Å². The van der Waals surface area contributed by atoms with Gasteiger partial charge in [0.05, 0.1) is 35.7 Å². The molecule has 0 aliphatic heterocycles. The lowest BCUT2D eigenvalue weighted by Gasteiger charge is -2.06. The molecule has 0 atom stereocenters. The maximum absolute atomic E-state index is 12.5. The van der Waals surface area contributed by atoms with Crippen molar-refractivity contribution < 1.29 is 22.7 Å². The van der Waals surface area contributed by atoms with Crippen LogP contribution >= 0.6 is 0 Å². The van der Waals surface area contributed by atoms with Gasteiger partial charge in [-0.05, 0) is 68.3 Å². The normalized spacial score (nSPS) is 11.4. The second kappa shape index (κ2) is 12.0. The van der Waals surface area contributed by atoms with E-state index in [0.717, 1.165) is 18.6 Å². The molecule has 7 nitrogen and oxygen atoms in total. The standard InChI is InChI=1S/C23H28N2O5S/c1-18(2)23(26)30-16-6-4-5-7-17-31(27,28)22-14-10-20(11-15-22)25-24-19-8-12-21(29-3)13-9-19/h8-15H,1,4-7,16-17H2,2-3H3. The Labute approximate surface area is 183 Å². The van der Waals surface area contributed by atoms with Crippen molar-refractivity contribution in [2.45, 2.75) is 37.5 Å². The van der Waals surface area contributed by atoms with Crippen LogP contribution in [0.5, 0.6) is 5.75 Å². The number of rotatable bonds is 12. The Morgan fingerprint density at radius 3 is 2.00 bits per heavy atom. The molecule has 0 N–H and O–H groups in total. The van der Waals surface area contributed by atoms with E-state index in [1.807, 2.05) is 0 Å². The van der Waals surface area contributed by atoms with Crippen LogP contribution in [0.4, 0.5) is 11.4 Å². The number of hydrogen-bond donors (Lipinski definition) is 0. The first-order valence-electron chi connectivity index (χ1n) is 10.0. The Morgan fingerprint density at radius 1 is 0.903 bits per heavy atom. The van der Waals surface area contributed by atoms with Gasteiger partial charge in [-0.25, -0.2) is 13.2 Å². The Bertz CT molecular complexity index is 997. The van der Waals surface area contributed by atoms with Gasteiger partial charge in [0.15, 0.2) is 9.84 Å². The first kappa shape index (κ1) is 24.3. The zero-order valence-corrected chi connectivity index (χ0v) is 18.7. The minimum atomic E-state index is -3.35. The topological polar surface area (TPSA) is 94.4 Å². The van der Waals surface area contributed by atoms with E-state index < -0.39 is 15.8 Å². The fourth-order valence-corrected chi connectivity index (χ4v) is 4.01. The molecule has 0 spiro atoms. The summed E-state index contributed by atoms with van der Waals surface area (Å²) in [6.45, 7) is 5.44. The largest absolute Gasteiger partial charge is 0.497 e. The summed E-state index contributed by atoms with van der Waals surface area (Å²) >= 11 is 0. The monoisotopic (exact) mass is 444 g/mol. The van der Waals surface area contributed by atoms with E-state index >= 15 is 0 Å². The van der Waals surface area contributed by atoms with E-state index in [9.17, 15) is 13.2 Å². The van der Waals surface area contributed by atoms with Crippen molar-refractivity contribution in [1.82, 2.24) is 0 Å². The molecule has 0 saturated heterocycles. The number of azo groups is 1. The van der Waals surface area contributed by atoms with Crippen LogP contribution in [0.2, 0.25) is 0 Å². The average Bonchev–Trinajstić information content (AvgIpc) is 2.77. The molecule has 0 aliphatic rings. The van der Waals surface area contributed by atoms with Crippen molar-refractivity contribution in [2.24, 2.45) is 10.2 Å². The molecule has 2 aromatic carbocycles. The van der Waals surface area contributed by atoms with Gasteiger partial charge in [0, 0.05) is 5.57 Å². The lowest BCUT2D eigenvalue weighted by Crippen LogP contribution is -2.07. The highest BCUT2D eigenvalue weighted by Gasteiger charge is 2.13. The molecular weight excluding hydrogens is 416 g/mol. The maximum atomic E-state index is 12.5. The van der Waals surface area contributed by atoms with Crippen LogP contribution in [0.15, 0.2) is 75.8 Å². The van der Waals surface area contributed by atoms with Crippen LogP contribution in [0, 0.1) is 0 Å². The molecular formula is C23H28N2O5S. The summed E-state index contributed by atoms with van der Waals surface area (Å²) in [6, 6.07) is 13.5. The number of carbonyl (C=O) groups excluding carboxylic acids is 1. The molecule has 0 radical (unpaired) electrons. The lowest BCUT2D eigenvalue weighted by molar-refractivity contribution is -0.139. The summed E-state index contributed by atoms with van der Waals surface area (Å²) in [5, 5.41) is 8.26. The third-order valence-corrected chi connectivity index (χ3v) is 6.25. The smallest absolute Gasteiger partial charge is 0.333 e. The summed E-state index contributed by atoms with van der Waals surface area (Å²) < 4.78 is 35.1. The number of nitrogens with zero attached hydrogens (tertiary/aromatic N) is 2. The summed E-state index contributed by atoms with van der Waals surface area (Å²) in [6.07, 6.45) is 2.80. The number of ether oxygens (including phenoxy) is 2. The second-order valence-corrected chi connectivity index (χ2v) is 9.15. The van der Waals surface area contributed by atoms with Crippen LogP contribution in [0.3, 0.4) is 0 Å². The molecule has 31 heavy (non-hydrogen) atoms. The maximum Gasteiger partial charge on any atom is 0.333 e. The second-order valence-electron chi connectivity index (χ2n) is 7.04. The molecule has 8 heteroatoms. The van der Waals surface area contributed by atoms with Crippen molar-refractivity contribution in [1.29, 1.82) is 0 Å². The van der Waals surface area contributed by atoms with E-state index in [0.29, 0.717) is 36.4 Å². The van der Waals surface area contributed by atoms with Gasteiger partial charge in [0.1, 0.15) is 5.75 Å². The zero-order chi connectivity index (χ0) is 22.7. The van der Waals surface area contributed by atoms with E-state index in [4.69, 9.17) is 9.47 Å². The van der Waals surface area contributed by atoms with Crippen LogP contribution in [-0.2, 0) is 19.4 Å². The minimum Gasteiger partial charge on any atom is -0.497 e. The molecule has 0 bridgehead atoms. The molecule has 0 fully saturated rings. The molecule has 0 heterocycles. The average molecular weight is 445 g/mol. The minimum absolute atomic E-state index is 0.0747. The molecule has 0 unspecified atom stereocenters. The van der Waals surface area contributed by atoms with Gasteiger partial charge in [-0.2, -0.15) is 10.2 Å². The molecule has 0 saturated carbocycles. The molecule has 2 rings (SSSR count). The summed E-state index contributed by atoms with van der Waals surface area (Å²) in [7, 11) is -1.76. The fourth-order valence-electron chi connectivity index (χ4n) is 2.64. The zero-order valence-electron chi connectivity index (χ0n) is 17.9. The number of sulfone groups is 1. The number of methoxy groups -OCH3 is 1. The Hall–Kier alpha value is -3.00. The molecule has 0 amide bonds. The highest BCUT2D eigenvalue weighted by atomic mass is 32.2. The Balaban J connectivity index is 1.78. The predicted molar refractivity (Wildman–Crippen MR) is 120 cm³/mol. The molecule has 166 valence electrons. The van der Waals surface area contributed by atoms with Crippen LogP contribution in [-0.4, -0.2) is 33.9 Å². The van der Waals surface area contributed by atoms with Gasteiger partial charge in [-0.15, -0.1) is 0 Å². The third kappa shape index (κ3) is 8.33. The number of hydrogen-bond acceptors (Lipinski definition) is 7.